The minimum absolute atomic E-state index is 0.150. The van der Waals surface area contributed by atoms with Gasteiger partial charge in [0.2, 0.25) is 0 Å². The van der Waals surface area contributed by atoms with Crippen LogP contribution in [0.5, 0.6) is 0 Å². The van der Waals surface area contributed by atoms with Crippen LogP contribution in [0.25, 0.3) is 0 Å². The summed E-state index contributed by atoms with van der Waals surface area (Å²) in [7, 11) is 1.15. The van der Waals surface area contributed by atoms with Crippen LogP contribution < -0.4 is 0 Å². The first-order chi connectivity index (χ1) is 6.07. The van der Waals surface area contributed by atoms with E-state index in [9.17, 15) is 14.4 Å². The summed E-state index contributed by atoms with van der Waals surface area (Å²) in [5.41, 5.74) is 0. The second kappa shape index (κ2) is 3.55. The van der Waals surface area contributed by atoms with Crippen LogP contribution in [-0.2, 0) is 19.1 Å². The van der Waals surface area contributed by atoms with Crippen molar-refractivity contribution in [1.29, 1.82) is 0 Å². The summed E-state index contributed by atoms with van der Waals surface area (Å²) in [5, 5.41) is 8.69. The van der Waals surface area contributed by atoms with Gasteiger partial charge in [-0.25, -0.2) is 0 Å². The molecule has 0 spiro atoms. The first kappa shape index (κ1) is 9.70. The van der Waals surface area contributed by atoms with Gasteiger partial charge < -0.3 is 9.84 Å². The zero-order valence-electron chi connectivity index (χ0n) is 7.15. The number of rotatable bonds is 2. The van der Waals surface area contributed by atoms with Gasteiger partial charge in [-0.15, -0.1) is 0 Å². The van der Waals surface area contributed by atoms with Gasteiger partial charge >= 0.3 is 11.9 Å². The third-order valence-corrected chi connectivity index (χ3v) is 2.22. The molecular formula is C8H10O5. The van der Waals surface area contributed by atoms with Crippen LogP contribution in [0.4, 0.5) is 0 Å². The third-order valence-electron chi connectivity index (χ3n) is 2.22. The van der Waals surface area contributed by atoms with Crippen molar-refractivity contribution in [2.24, 2.45) is 11.8 Å². The number of hydrogen-bond donors (Lipinski definition) is 1. The molecule has 1 aliphatic rings. The SMILES string of the molecule is COC(=O)[C@@H]1C(=O)CC[C@H]1C(=O)O. The standard InChI is InChI=1S/C8H10O5/c1-13-8(12)6-4(7(10)11)2-3-5(6)9/h4,6H,2-3H2,1H3,(H,10,11)/t4-,6+/m1/s1. The van der Waals surface area contributed by atoms with Crippen molar-refractivity contribution in [1.82, 2.24) is 0 Å². The molecule has 0 aromatic rings. The highest BCUT2D eigenvalue weighted by atomic mass is 16.5. The summed E-state index contributed by atoms with van der Waals surface area (Å²) in [6.45, 7) is 0. The van der Waals surface area contributed by atoms with E-state index < -0.39 is 23.8 Å². The van der Waals surface area contributed by atoms with Crippen molar-refractivity contribution in [2.45, 2.75) is 12.8 Å². The van der Waals surface area contributed by atoms with Gasteiger partial charge in [-0.3, -0.25) is 14.4 Å². The van der Waals surface area contributed by atoms with Gasteiger partial charge in [-0.1, -0.05) is 0 Å². The molecule has 13 heavy (non-hydrogen) atoms. The Morgan fingerprint density at radius 1 is 1.54 bits per heavy atom. The zero-order valence-corrected chi connectivity index (χ0v) is 7.15. The Hall–Kier alpha value is -1.39. The van der Waals surface area contributed by atoms with Crippen molar-refractivity contribution in [3.05, 3.63) is 0 Å². The molecule has 5 heteroatoms. The molecule has 1 saturated carbocycles. The number of esters is 1. The third kappa shape index (κ3) is 1.68. The lowest BCUT2D eigenvalue weighted by atomic mass is 9.96. The van der Waals surface area contributed by atoms with E-state index in [1.807, 2.05) is 0 Å². The predicted octanol–water partition coefficient (Wildman–Crippen LogP) is -0.161. The van der Waals surface area contributed by atoms with Crippen LogP contribution >= 0.6 is 0 Å². The smallest absolute Gasteiger partial charge is 0.317 e. The van der Waals surface area contributed by atoms with E-state index in [-0.39, 0.29) is 18.6 Å². The molecule has 0 heterocycles. The quantitative estimate of drug-likeness (QED) is 0.478. The average Bonchev–Trinajstić information content (AvgIpc) is 2.46. The molecule has 0 aromatic carbocycles. The van der Waals surface area contributed by atoms with Gasteiger partial charge in [0, 0.05) is 6.42 Å². The van der Waals surface area contributed by atoms with Gasteiger partial charge in [-0.05, 0) is 6.42 Å². The predicted molar refractivity (Wildman–Crippen MR) is 40.9 cm³/mol. The lowest BCUT2D eigenvalue weighted by molar-refractivity contribution is -0.156. The largest absolute Gasteiger partial charge is 0.481 e. The maximum atomic E-state index is 11.1. The zero-order chi connectivity index (χ0) is 10.0. The Labute approximate surface area is 74.7 Å². The second-order valence-corrected chi connectivity index (χ2v) is 2.95. The molecule has 1 N–H and O–H groups in total. The molecule has 1 rings (SSSR count). The van der Waals surface area contributed by atoms with Gasteiger partial charge in [0.05, 0.1) is 13.0 Å². The van der Waals surface area contributed by atoms with Crippen LogP contribution in [0.2, 0.25) is 0 Å². The molecule has 0 radical (unpaired) electrons. The molecule has 0 aromatic heterocycles. The number of ether oxygens (including phenoxy) is 1. The number of aliphatic carboxylic acids is 1. The summed E-state index contributed by atoms with van der Waals surface area (Å²) in [4.78, 5) is 32.8. The summed E-state index contributed by atoms with van der Waals surface area (Å²) < 4.78 is 4.36. The fraction of sp³-hybridized carbons (Fsp3) is 0.625. The number of hydrogen-bond acceptors (Lipinski definition) is 4. The lowest BCUT2D eigenvalue weighted by Gasteiger charge is -2.10. The molecule has 0 saturated heterocycles. The van der Waals surface area contributed by atoms with Crippen molar-refractivity contribution in [2.75, 3.05) is 7.11 Å². The number of methoxy groups -OCH3 is 1. The highest BCUT2D eigenvalue weighted by Gasteiger charge is 2.44. The molecule has 72 valence electrons. The number of Topliss-reactive ketones (excluding diaryl/α,β-unsaturated/α-hetero) is 1. The van der Waals surface area contributed by atoms with E-state index in [4.69, 9.17) is 5.11 Å². The average molecular weight is 186 g/mol. The van der Waals surface area contributed by atoms with Crippen molar-refractivity contribution >= 4 is 17.7 Å². The molecule has 0 aliphatic heterocycles. The van der Waals surface area contributed by atoms with E-state index in [0.717, 1.165) is 7.11 Å². The van der Waals surface area contributed by atoms with Crippen LogP contribution in [0.1, 0.15) is 12.8 Å². The highest BCUT2D eigenvalue weighted by Crippen LogP contribution is 2.29. The Morgan fingerprint density at radius 3 is 2.62 bits per heavy atom. The number of ketones is 1. The van der Waals surface area contributed by atoms with Crippen LogP contribution in [0.3, 0.4) is 0 Å². The number of carboxylic acid groups (broad SMARTS) is 1. The van der Waals surface area contributed by atoms with Crippen LogP contribution in [0, 0.1) is 11.8 Å². The van der Waals surface area contributed by atoms with Crippen molar-refractivity contribution in [3.8, 4) is 0 Å². The van der Waals surface area contributed by atoms with Crippen molar-refractivity contribution in [3.63, 3.8) is 0 Å². The van der Waals surface area contributed by atoms with E-state index in [1.54, 1.807) is 0 Å². The van der Waals surface area contributed by atoms with E-state index in [2.05, 4.69) is 4.74 Å². The molecule has 0 amide bonds. The topological polar surface area (TPSA) is 80.7 Å². The second-order valence-electron chi connectivity index (χ2n) is 2.95. The fourth-order valence-electron chi connectivity index (χ4n) is 1.53. The summed E-state index contributed by atoms with van der Waals surface area (Å²) in [5.74, 6) is -4.18. The van der Waals surface area contributed by atoms with Crippen molar-refractivity contribution < 1.29 is 24.2 Å². The maximum Gasteiger partial charge on any atom is 0.317 e. The lowest BCUT2D eigenvalue weighted by Crippen LogP contribution is -2.30. The van der Waals surface area contributed by atoms with Gasteiger partial charge in [0.1, 0.15) is 11.7 Å². The Morgan fingerprint density at radius 2 is 2.15 bits per heavy atom. The number of carbonyl (C=O) groups excluding carboxylic acids is 2. The summed E-state index contributed by atoms with van der Waals surface area (Å²) in [6.07, 6.45) is 0.380. The minimum atomic E-state index is -1.11. The maximum absolute atomic E-state index is 11.1. The Bertz CT molecular complexity index is 257. The molecule has 1 aliphatic carbocycles. The first-order valence-corrected chi connectivity index (χ1v) is 3.91. The van der Waals surface area contributed by atoms with Gasteiger partial charge in [0.25, 0.3) is 0 Å². The monoisotopic (exact) mass is 186 g/mol. The first-order valence-electron chi connectivity index (χ1n) is 3.91. The van der Waals surface area contributed by atoms with Crippen LogP contribution in [-0.4, -0.2) is 29.9 Å². The molecular weight excluding hydrogens is 176 g/mol. The minimum Gasteiger partial charge on any atom is -0.481 e. The molecule has 0 unspecified atom stereocenters. The van der Waals surface area contributed by atoms with E-state index in [1.165, 1.54) is 0 Å². The summed E-state index contributed by atoms with van der Waals surface area (Å²) in [6, 6.07) is 0. The molecule has 2 atom stereocenters. The molecule has 5 nitrogen and oxygen atoms in total. The Balaban J connectivity index is 2.83. The van der Waals surface area contributed by atoms with E-state index >= 15 is 0 Å². The summed E-state index contributed by atoms with van der Waals surface area (Å²) >= 11 is 0. The molecule has 0 bridgehead atoms. The molecule has 1 fully saturated rings. The van der Waals surface area contributed by atoms with Gasteiger partial charge in [-0.2, -0.15) is 0 Å². The van der Waals surface area contributed by atoms with Gasteiger partial charge in [0.15, 0.2) is 0 Å². The van der Waals surface area contributed by atoms with Crippen LogP contribution in [0.15, 0.2) is 0 Å². The normalized spacial score (nSPS) is 27.3. The number of carboxylic acids is 1. The highest BCUT2D eigenvalue weighted by molar-refractivity contribution is 6.04. The van der Waals surface area contributed by atoms with E-state index in [0.29, 0.717) is 0 Å². The number of carbonyl (C=O) groups is 3. The Kier molecular flexibility index (Phi) is 2.65. The fourth-order valence-corrected chi connectivity index (χ4v) is 1.53.